The van der Waals surface area contributed by atoms with Crippen LogP contribution in [0.4, 0.5) is 0 Å². The topological polar surface area (TPSA) is 46.2 Å². The minimum absolute atomic E-state index is 0.0826. The molecule has 0 aromatic heterocycles. The largest absolute Gasteiger partial charge is 0.313 e. The average Bonchev–Trinajstić information content (AvgIpc) is 2.92. The van der Waals surface area contributed by atoms with Gasteiger partial charge in [0, 0.05) is 12.3 Å². The standard InChI is InChI=1S/C17H31NO2S/c1-3-10-18-17(16-14-8-5-9-15(14)16)12-6-4-7-13(11-12)21(2,19)20/h12-18H,3-11H2,1-2H3. The second kappa shape index (κ2) is 6.19. The van der Waals surface area contributed by atoms with E-state index in [1.54, 1.807) is 0 Å². The number of fused-ring (bicyclic) bond motifs is 1. The van der Waals surface area contributed by atoms with Gasteiger partial charge in [0.25, 0.3) is 0 Å². The molecule has 0 bridgehead atoms. The maximum absolute atomic E-state index is 11.9. The molecule has 3 nitrogen and oxygen atoms in total. The smallest absolute Gasteiger partial charge is 0.150 e. The van der Waals surface area contributed by atoms with Crippen LogP contribution >= 0.6 is 0 Å². The van der Waals surface area contributed by atoms with Crippen LogP contribution in [0.5, 0.6) is 0 Å². The summed E-state index contributed by atoms with van der Waals surface area (Å²) in [5.74, 6) is 3.35. The zero-order chi connectivity index (χ0) is 15.0. The molecule has 0 aromatic carbocycles. The van der Waals surface area contributed by atoms with Gasteiger partial charge >= 0.3 is 0 Å². The molecule has 0 amide bonds. The fourth-order valence-corrected chi connectivity index (χ4v) is 6.43. The molecule has 5 atom stereocenters. The zero-order valence-corrected chi connectivity index (χ0v) is 14.4. The molecule has 5 unspecified atom stereocenters. The molecule has 4 heteroatoms. The summed E-state index contributed by atoms with van der Waals surface area (Å²) in [4.78, 5) is 0. The number of sulfone groups is 1. The van der Waals surface area contributed by atoms with Crippen LogP contribution in [0, 0.1) is 23.7 Å². The summed E-state index contributed by atoms with van der Waals surface area (Å²) in [5.41, 5.74) is 0. The molecule has 3 saturated carbocycles. The lowest BCUT2D eigenvalue weighted by molar-refractivity contribution is 0.232. The van der Waals surface area contributed by atoms with Gasteiger partial charge in [0.1, 0.15) is 9.84 Å². The third-order valence-corrected chi connectivity index (χ3v) is 7.94. The van der Waals surface area contributed by atoms with Crippen LogP contribution in [0.15, 0.2) is 0 Å². The quantitative estimate of drug-likeness (QED) is 0.820. The second-order valence-electron chi connectivity index (χ2n) is 7.69. The molecule has 3 aliphatic rings. The summed E-state index contributed by atoms with van der Waals surface area (Å²) in [6, 6.07) is 0.588. The minimum atomic E-state index is -2.86. The van der Waals surface area contributed by atoms with E-state index >= 15 is 0 Å². The lowest BCUT2D eigenvalue weighted by atomic mass is 9.80. The predicted octanol–water partition coefficient (Wildman–Crippen LogP) is 3.00. The lowest BCUT2D eigenvalue weighted by Crippen LogP contribution is -2.43. The summed E-state index contributed by atoms with van der Waals surface area (Å²) in [6.45, 7) is 3.30. The Labute approximate surface area is 130 Å². The normalized spacial score (nSPS) is 40.8. The van der Waals surface area contributed by atoms with E-state index in [0.717, 1.165) is 43.6 Å². The van der Waals surface area contributed by atoms with Crippen molar-refractivity contribution in [1.29, 1.82) is 0 Å². The fraction of sp³-hybridized carbons (Fsp3) is 1.00. The van der Waals surface area contributed by atoms with Crippen molar-refractivity contribution in [2.75, 3.05) is 12.8 Å². The molecule has 3 aliphatic carbocycles. The first-order valence-corrected chi connectivity index (χ1v) is 10.9. The Balaban J connectivity index is 1.67. The van der Waals surface area contributed by atoms with Gasteiger partial charge in [-0.25, -0.2) is 8.42 Å². The number of rotatable bonds is 6. The Kier molecular flexibility index (Phi) is 4.66. The average molecular weight is 314 g/mol. The molecule has 3 fully saturated rings. The molecule has 0 spiro atoms. The van der Waals surface area contributed by atoms with E-state index < -0.39 is 9.84 Å². The van der Waals surface area contributed by atoms with Crippen molar-refractivity contribution in [3.8, 4) is 0 Å². The van der Waals surface area contributed by atoms with Crippen LogP contribution in [-0.4, -0.2) is 32.5 Å². The molecule has 0 heterocycles. The molecule has 0 saturated heterocycles. The van der Waals surface area contributed by atoms with E-state index in [1.807, 2.05) is 0 Å². The van der Waals surface area contributed by atoms with Gasteiger partial charge in [-0.3, -0.25) is 0 Å². The van der Waals surface area contributed by atoms with Crippen molar-refractivity contribution in [2.24, 2.45) is 23.7 Å². The second-order valence-corrected chi connectivity index (χ2v) is 10.0. The third kappa shape index (κ3) is 3.31. The Hall–Kier alpha value is -0.0900. The summed E-state index contributed by atoms with van der Waals surface area (Å²) < 4.78 is 23.9. The van der Waals surface area contributed by atoms with Crippen molar-refractivity contribution in [3.63, 3.8) is 0 Å². The first-order valence-electron chi connectivity index (χ1n) is 8.94. The number of nitrogens with one attached hydrogen (secondary N) is 1. The molecule has 0 aliphatic heterocycles. The van der Waals surface area contributed by atoms with Crippen LogP contribution in [0.2, 0.25) is 0 Å². The van der Waals surface area contributed by atoms with E-state index in [4.69, 9.17) is 0 Å². The van der Waals surface area contributed by atoms with Crippen LogP contribution in [0.3, 0.4) is 0 Å². The van der Waals surface area contributed by atoms with Gasteiger partial charge < -0.3 is 5.32 Å². The van der Waals surface area contributed by atoms with Gasteiger partial charge in [0.15, 0.2) is 0 Å². The van der Waals surface area contributed by atoms with Crippen LogP contribution in [-0.2, 0) is 9.84 Å². The Morgan fingerprint density at radius 3 is 2.38 bits per heavy atom. The molecular weight excluding hydrogens is 282 g/mol. The van der Waals surface area contributed by atoms with Crippen molar-refractivity contribution in [2.45, 2.75) is 69.6 Å². The predicted molar refractivity (Wildman–Crippen MR) is 87.0 cm³/mol. The molecular formula is C17H31NO2S. The van der Waals surface area contributed by atoms with Crippen LogP contribution < -0.4 is 5.32 Å². The minimum Gasteiger partial charge on any atom is -0.313 e. The van der Waals surface area contributed by atoms with Gasteiger partial charge in [-0.15, -0.1) is 0 Å². The molecule has 0 aromatic rings. The monoisotopic (exact) mass is 313 g/mol. The van der Waals surface area contributed by atoms with Gasteiger partial charge in [-0.1, -0.05) is 19.8 Å². The van der Waals surface area contributed by atoms with Crippen molar-refractivity contribution in [1.82, 2.24) is 5.32 Å². The summed E-state index contributed by atoms with van der Waals surface area (Å²) in [5, 5.41) is 3.72. The number of hydrogen-bond acceptors (Lipinski definition) is 3. The molecule has 21 heavy (non-hydrogen) atoms. The highest BCUT2D eigenvalue weighted by Crippen LogP contribution is 2.60. The Morgan fingerprint density at radius 1 is 1.10 bits per heavy atom. The lowest BCUT2D eigenvalue weighted by Gasteiger charge is -2.35. The highest BCUT2D eigenvalue weighted by Gasteiger charge is 2.57. The fourth-order valence-electron chi connectivity index (χ4n) is 5.23. The van der Waals surface area contributed by atoms with Crippen LogP contribution in [0.25, 0.3) is 0 Å². The van der Waals surface area contributed by atoms with E-state index in [9.17, 15) is 8.42 Å². The Bertz CT molecular complexity index is 451. The first kappa shape index (κ1) is 15.8. The van der Waals surface area contributed by atoms with E-state index in [-0.39, 0.29) is 5.25 Å². The molecule has 122 valence electrons. The summed E-state index contributed by atoms with van der Waals surface area (Å²) in [6.07, 6.45) is 11.0. The van der Waals surface area contributed by atoms with Gasteiger partial charge in [0.2, 0.25) is 0 Å². The van der Waals surface area contributed by atoms with Crippen molar-refractivity contribution >= 4 is 9.84 Å². The third-order valence-electron chi connectivity index (χ3n) is 6.30. The SMILES string of the molecule is CCCNC(C1CCCC(S(C)(=O)=O)C1)C1C2CCCC21. The van der Waals surface area contributed by atoms with Gasteiger partial charge in [-0.2, -0.15) is 0 Å². The maximum Gasteiger partial charge on any atom is 0.150 e. The van der Waals surface area contributed by atoms with Crippen molar-refractivity contribution in [3.05, 3.63) is 0 Å². The summed E-state index contributed by atoms with van der Waals surface area (Å²) in [7, 11) is -2.86. The van der Waals surface area contributed by atoms with Crippen LogP contribution in [0.1, 0.15) is 58.3 Å². The zero-order valence-electron chi connectivity index (χ0n) is 13.6. The highest BCUT2D eigenvalue weighted by atomic mass is 32.2. The molecule has 0 radical (unpaired) electrons. The first-order chi connectivity index (χ1) is 10.0. The molecule has 3 rings (SSSR count). The highest BCUT2D eigenvalue weighted by molar-refractivity contribution is 7.91. The summed E-state index contributed by atoms with van der Waals surface area (Å²) >= 11 is 0. The number of hydrogen-bond donors (Lipinski definition) is 1. The molecule has 1 N–H and O–H groups in total. The van der Waals surface area contributed by atoms with E-state index in [1.165, 1.54) is 38.4 Å². The van der Waals surface area contributed by atoms with Crippen molar-refractivity contribution < 1.29 is 8.42 Å². The van der Waals surface area contributed by atoms with E-state index in [0.29, 0.717) is 12.0 Å². The van der Waals surface area contributed by atoms with Gasteiger partial charge in [-0.05, 0) is 68.7 Å². The van der Waals surface area contributed by atoms with Gasteiger partial charge in [0.05, 0.1) is 5.25 Å². The Morgan fingerprint density at radius 2 is 1.76 bits per heavy atom. The maximum atomic E-state index is 11.9. The van der Waals surface area contributed by atoms with E-state index in [2.05, 4.69) is 12.2 Å².